The maximum Gasteiger partial charge on any atom is 0.321 e. The molecule has 1 atom stereocenters. The van der Waals surface area contributed by atoms with Crippen LogP contribution >= 0.6 is 0 Å². The molecule has 0 aromatic heterocycles. The Hall–Kier alpha value is -4.13. The standard InChI is InChI=1S/C27H27N3O4/c31-25(29-24-16-8-7-15-23(24)20-10-3-1-4-11-20)19-34-26(32)21-12-9-17-30(18-21)27(33)28-22-13-5-2-6-14-22/h1-8,10-11,13-16,21H,9,12,17-19H2,(H,28,33)(H,29,31). The summed E-state index contributed by atoms with van der Waals surface area (Å²) in [5.74, 6) is -1.34. The van der Waals surface area contributed by atoms with Crippen molar-refractivity contribution in [1.29, 1.82) is 0 Å². The number of piperidine rings is 1. The lowest BCUT2D eigenvalue weighted by molar-refractivity contribution is -0.152. The van der Waals surface area contributed by atoms with Gasteiger partial charge in [0.05, 0.1) is 5.92 Å². The SMILES string of the molecule is O=C(COC(=O)C1CCCN(C(=O)Nc2ccccc2)C1)Nc1ccccc1-c1ccccc1. The summed E-state index contributed by atoms with van der Waals surface area (Å²) in [5.41, 5.74) is 3.21. The van der Waals surface area contributed by atoms with Crippen molar-refractivity contribution in [1.82, 2.24) is 4.90 Å². The van der Waals surface area contributed by atoms with Gasteiger partial charge in [0.25, 0.3) is 5.91 Å². The molecule has 1 aliphatic heterocycles. The molecule has 7 nitrogen and oxygen atoms in total. The normalized spacial score (nSPS) is 15.3. The van der Waals surface area contributed by atoms with Crippen LogP contribution in [0.5, 0.6) is 0 Å². The number of carbonyl (C=O) groups is 3. The van der Waals surface area contributed by atoms with E-state index < -0.39 is 17.8 Å². The van der Waals surface area contributed by atoms with E-state index in [1.54, 1.807) is 4.90 Å². The number of carbonyl (C=O) groups excluding carboxylic acids is 3. The number of para-hydroxylation sites is 2. The van der Waals surface area contributed by atoms with Crippen molar-refractivity contribution in [3.8, 4) is 11.1 Å². The van der Waals surface area contributed by atoms with E-state index in [1.165, 1.54) is 0 Å². The molecule has 7 heteroatoms. The third-order valence-electron chi connectivity index (χ3n) is 5.70. The van der Waals surface area contributed by atoms with Crippen LogP contribution in [0.3, 0.4) is 0 Å². The van der Waals surface area contributed by atoms with Crippen molar-refractivity contribution in [2.24, 2.45) is 5.92 Å². The van der Waals surface area contributed by atoms with Gasteiger partial charge in [-0.05, 0) is 36.6 Å². The summed E-state index contributed by atoms with van der Waals surface area (Å²) in [6, 6.07) is 26.1. The summed E-state index contributed by atoms with van der Waals surface area (Å²) in [5, 5.41) is 5.67. The first-order valence-corrected chi connectivity index (χ1v) is 11.3. The van der Waals surface area contributed by atoms with Crippen LogP contribution in [0.1, 0.15) is 12.8 Å². The van der Waals surface area contributed by atoms with Gasteiger partial charge in [-0.2, -0.15) is 0 Å². The molecule has 3 aromatic carbocycles. The van der Waals surface area contributed by atoms with Crippen LogP contribution < -0.4 is 10.6 Å². The van der Waals surface area contributed by atoms with Crippen molar-refractivity contribution < 1.29 is 19.1 Å². The summed E-state index contributed by atoms with van der Waals surface area (Å²) < 4.78 is 5.30. The van der Waals surface area contributed by atoms with Crippen LogP contribution in [0.2, 0.25) is 0 Å². The molecule has 2 N–H and O–H groups in total. The van der Waals surface area contributed by atoms with Gasteiger partial charge in [-0.25, -0.2) is 4.79 Å². The number of likely N-dealkylation sites (tertiary alicyclic amines) is 1. The second-order valence-corrected chi connectivity index (χ2v) is 8.15. The van der Waals surface area contributed by atoms with Gasteiger partial charge in [-0.15, -0.1) is 0 Å². The summed E-state index contributed by atoms with van der Waals surface area (Å²) >= 11 is 0. The van der Waals surface area contributed by atoms with Gasteiger partial charge in [0, 0.05) is 30.0 Å². The molecule has 0 bridgehead atoms. The van der Waals surface area contributed by atoms with Crippen LogP contribution in [0.15, 0.2) is 84.9 Å². The van der Waals surface area contributed by atoms with Crippen LogP contribution in [0, 0.1) is 5.92 Å². The van der Waals surface area contributed by atoms with E-state index in [0.29, 0.717) is 30.8 Å². The number of hydrogen-bond donors (Lipinski definition) is 2. The number of esters is 1. The van der Waals surface area contributed by atoms with Gasteiger partial charge in [0.1, 0.15) is 0 Å². The highest BCUT2D eigenvalue weighted by molar-refractivity contribution is 5.97. The third-order valence-corrected chi connectivity index (χ3v) is 5.70. The molecule has 4 rings (SSSR count). The minimum atomic E-state index is -0.469. The quantitative estimate of drug-likeness (QED) is 0.522. The fourth-order valence-corrected chi connectivity index (χ4v) is 3.98. The molecule has 1 unspecified atom stereocenters. The van der Waals surface area contributed by atoms with Crippen molar-refractivity contribution in [3.63, 3.8) is 0 Å². The van der Waals surface area contributed by atoms with E-state index >= 15 is 0 Å². The molecule has 3 aromatic rings. The lowest BCUT2D eigenvalue weighted by atomic mass is 9.98. The smallest absolute Gasteiger partial charge is 0.321 e. The zero-order chi connectivity index (χ0) is 23.8. The lowest BCUT2D eigenvalue weighted by Gasteiger charge is -2.31. The second-order valence-electron chi connectivity index (χ2n) is 8.15. The van der Waals surface area contributed by atoms with Crippen molar-refractivity contribution in [2.75, 3.05) is 30.3 Å². The molecule has 1 aliphatic rings. The second kappa shape index (κ2) is 11.1. The van der Waals surface area contributed by atoms with E-state index in [1.807, 2.05) is 84.9 Å². The first kappa shape index (κ1) is 23.0. The average molecular weight is 458 g/mol. The van der Waals surface area contributed by atoms with Crippen LogP contribution in [-0.2, 0) is 14.3 Å². The van der Waals surface area contributed by atoms with E-state index in [0.717, 1.165) is 11.1 Å². The summed E-state index contributed by atoms with van der Waals surface area (Å²) in [7, 11) is 0. The van der Waals surface area contributed by atoms with Crippen molar-refractivity contribution in [3.05, 3.63) is 84.9 Å². The third kappa shape index (κ3) is 6.01. The maximum absolute atomic E-state index is 12.6. The Balaban J connectivity index is 1.29. The van der Waals surface area contributed by atoms with Crippen LogP contribution in [0.4, 0.5) is 16.2 Å². The molecule has 3 amide bonds. The highest BCUT2D eigenvalue weighted by Gasteiger charge is 2.30. The van der Waals surface area contributed by atoms with Gasteiger partial charge in [0.2, 0.25) is 0 Å². The maximum atomic E-state index is 12.6. The van der Waals surface area contributed by atoms with Gasteiger partial charge >= 0.3 is 12.0 Å². The first-order valence-electron chi connectivity index (χ1n) is 11.3. The molecule has 1 fully saturated rings. The van der Waals surface area contributed by atoms with Gasteiger partial charge in [-0.1, -0.05) is 66.7 Å². The zero-order valence-electron chi connectivity index (χ0n) is 18.8. The minimum Gasteiger partial charge on any atom is -0.455 e. The summed E-state index contributed by atoms with van der Waals surface area (Å²) in [6.45, 7) is 0.448. The number of nitrogens with zero attached hydrogens (tertiary/aromatic N) is 1. The topological polar surface area (TPSA) is 87.7 Å². The van der Waals surface area contributed by atoms with E-state index in [2.05, 4.69) is 10.6 Å². The average Bonchev–Trinajstić information content (AvgIpc) is 2.89. The van der Waals surface area contributed by atoms with E-state index in [4.69, 9.17) is 4.74 Å². The highest BCUT2D eigenvalue weighted by Crippen LogP contribution is 2.27. The van der Waals surface area contributed by atoms with Gasteiger partial charge in [-0.3, -0.25) is 9.59 Å². The molecule has 1 heterocycles. The first-order chi connectivity index (χ1) is 16.6. The molecule has 0 aliphatic carbocycles. The van der Waals surface area contributed by atoms with Gasteiger partial charge < -0.3 is 20.3 Å². The van der Waals surface area contributed by atoms with Crippen LogP contribution in [-0.4, -0.2) is 42.5 Å². The number of amides is 3. The summed E-state index contributed by atoms with van der Waals surface area (Å²) in [4.78, 5) is 39.3. The Kier molecular flexibility index (Phi) is 7.55. The van der Waals surface area contributed by atoms with Gasteiger partial charge in [0.15, 0.2) is 6.61 Å². The predicted molar refractivity (Wildman–Crippen MR) is 131 cm³/mol. The molecule has 174 valence electrons. The predicted octanol–water partition coefficient (Wildman–Crippen LogP) is 4.78. The number of rotatable bonds is 6. The number of benzene rings is 3. The largest absolute Gasteiger partial charge is 0.455 e. The van der Waals surface area contributed by atoms with Crippen molar-refractivity contribution in [2.45, 2.75) is 12.8 Å². The Labute approximate surface area is 198 Å². The minimum absolute atomic E-state index is 0.251. The zero-order valence-corrected chi connectivity index (χ0v) is 18.8. The number of nitrogens with one attached hydrogen (secondary N) is 2. The molecule has 0 spiro atoms. The fraction of sp³-hybridized carbons (Fsp3) is 0.222. The summed E-state index contributed by atoms with van der Waals surface area (Å²) in [6.07, 6.45) is 1.31. The Morgan fingerprint density at radius 2 is 1.53 bits per heavy atom. The Morgan fingerprint density at radius 3 is 2.29 bits per heavy atom. The lowest BCUT2D eigenvalue weighted by Crippen LogP contribution is -2.45. The molecule has 0 saturated carbocycles. The molecule has 1 saturated heterocycles. The molecular weight excluding hydrogens is 430 g/mol. The van der Waals surface area contributed by atoms with E-state index in [9.17, 15) is 14.4 Å². The Bertz CT molecular complexity index is 1130. The molecule has 0 radical (unpaired) electrons. The monoisotopic (exact) mass is 457 g/mol. The molecular formula is C27H27N3O4. The number of hydrogen-bond acceptors (Lipinski definition) is 4. The van der Waals surface area contributed by atoms with E-state index in [-0.39, 0.29) is 19.2 Å². The number of anilines is 2. The number of urea groups is 1. The number of ether oxygens (including phenoxy) is 1. The van der Waals surface area contributed by atoms with Crippen LogP contribution in [0.25, 0.3) is 11.1 Å². The van der Waals surface area contributed by atoms with Crippen molar-refractivity contribution >= 4 is 29.3 Å². The highest BCUT2D eigenvalue weighted by atomic mass is 16.5. The Morgan fingerprint density at radius 1 is 0.853 bits per heavy atom. The fourth-order valence-electron chi connectivity index (χ4n) is 3.98. The molecule has 34 heavy (non-hydrogen) atoms.